The standard InChI is InChI=1S/C20H32N4O2.HI/c1-16(23(3)15-17-8-6-5-7-9-17)14-22-20(21-2)24-12-10-18(11-13-24)19(25)26-4;/h5-9,16,18H,10-15H2,1-4H3,(H,21,22);1H. The Labute approximate surface area is 180 Å². The average molecular weight is 488 g/mol. The summed E-state index contributed by atoms with van der Waals surface area (Å²) in [6.07, 6.45) is 1.63. The molecule has 27 heavy (non-hydrogen) atoms. The molecule has 1 aliphatic heterocycles. The van der Waals surface area contributed by atoms with Crippen LogP contribution in [0.25, 0.3) is 0 Å². The maximum absolute atomic E-state index is 11.7. The molecule has 0 saturated carbocycles. The minimum atomic E-state index is -0.0937. The van der Waals surface area contributed by atoms with E-state index in [1.807, 2.05) is 13.1 Å². The van der Waals surface area contributed by atoms with E-state index in [1.54, 1.807) is 0 Å². The van der Waals surface area contributed by atoms with Crippen LogP contribution in [0.4, 0.5) is 0 Å². The number of hydrogen-bond acceptors (Lipinski definition) is 4. The van der Waals surface area contributed by atoms with Crippen molar-refractivity contribution in [2.75, 3.05) is 40.8 Å². The first kappa shape index (κ1) is 23.7. The number of methoxy groups -OCH3 is 1. The summed E-state index contributed by atoms with van der Waals surface area (Å²) >= 11 is 0. The Kier molecular flexibility index (Phi) is 10.7. The summed E-state index contributed by atoms with van der Waals surface area (Å²) < 4.78 is 4.86. The highest BCUT2D eigenvalue weighted by atomic mass is 127. The molecule has 0 radical (unpaired) electrons. The highest BCUT2D eigenvalue weighted by molar-refractivity contribution is 14.0. The van der Waals surface area contributed by atoms with Crippen LogP contribution < -0.4 is 5.32 Å². The average Bonchev–Trinajstić information content (AvgIpc) is 2.68. The van der Waals surface area contributed by atoms with Crippen LogP contribution in [-0.4, -0.2) is 68.6 Å². The number of rotatable bonds is 6. The van der Waals surface area contributed by atoms with Crippen LogP contribution >= 0.6 is 24.0 Å². The molecule has 6 nitrogen and oxygen atoms in total. The summed E-state index contributed by atoms with van der Waals surface area (Å²) in [4.78, 5) is 20.6. The third kappa shape index (κ3) is 7.29. The molecule has 0 aromatic heterocycles. The maximum Gasteiger partial charge on any atom is 0.308 e. The quantitative estimate of drug-likeness (QED) is 0.289. The molecule has 2 rings (SSSR count). The van der Waals surface area contributed by atoms with E-state index >= 15 is 0 Å². The molecule has 1 heterocycles. The van der Waals surface area contributed by atoms with E-state index in [2.05, 4.69) is 58.3 Å². The van der Waals surface area contributed by atoms with Gasteiger partial charge in [0.15, 0.2) is 5.96 Å². The summed E-state index contributed by atoms with van der Waals surface area (Å²) in [5, 5.41) is 3.48. The number of aliphatic imine (C=N–C) groups is 1. The molecular weight excluding hydrogens is 455 g/mol. The molecule has 0 aliphatic carbocycles. The fourth-order valence-electron chi connectivity index (χ4n) is 3.25. The van der Waals surface area contributed by atoms with E-state index in [0.717, 1.165) is 45.0 Å². The number of esters is 1. The van der Waals surface area contributed by atoms with Crippen molar-refractivity contribution in [3.8, 4) is 0 Å². The molecule has 1 atom stereocenters. The summed E-state index contributed by atoms with van der Waals surface area (Å²) in [7, 11) is 5.42. The van der Waals surface area contributed by atoms with Crippen LogP contribution in [-0.2, 0) is 16.1 Å². The van der Waals surface area contributed by atoms with Gasteiger partial charge in [-0.05, 0) is 32.4 Å². The van der Waals surface area contributed by atoms with E-state index in [0.29, 0.717) is 6.04 Å². The number of carbonyl (C=O) groups excluding carboxylic acids is 1. The van der Waals surface area contributed by atoms with Crippen molar-refractivity contribution in [1.82, 2.24) is 15.1 Å². The summed E-state index contributed by atoms with van der Waals surface area (Å²) in [6.45, 7) is 5.62. The second kappa shape index (κ2) is 12.2. The van der Waals surface area contributed by atoms with Crippen LogP contribution in [0.5, 0.6) is 0 Å². The van der Waals surface area contributed by atoms with Crippen LogP contribution in [0, 0.1) is 5.92 Å². The minimum Gasteiger partial charge on any atom is -0.469 e. The van der Waals surface area contributed by atoms with Gasteiger partial charge in [0.25, 0.3) is 0 Å². The fourth-order valence-corrected chi connectivity index (χ4v) is 3.25. The Morgan fingerprint density at radius 3 is 2.52 bits per heavy atom. The van der Waals surface area contributed by atoms with Gasteiger partial charge in [-0.15, -0.1) is 24.0 Å². The van der Waals surface area contributed by atoms with Gasteiger partial charge >= 0.3 is 5.97 Å². The number of hydrogen-bond donors (Lipinski definition) is 1. The third-order valence-electron chi connectivity index (χ3n) is 5.12. The van der Waals surface area contributed by atoms with Crippen molar-refractivity contribution < 1.29 is 9.53 Å². The van der Waals surface area contributed by atoms with E-state index < -0.39 is 0 Å². The van der Waals surface area contributed by atoms with Crippen molar-refractivity contribution in [3.05, 3.63) is 35.9 Å². The molecule has 1 aromatic carbocycles. The number of piperidine rings is 1. The first-order valence-electron chi connectivity index (χ1n) is 9.32. The molecule has 1 aliphatic rings. The lowest BCUT2D eigenvalue weighted by Gasteiger charge is -2.34. The molecule has 0 bridgehead atoms. The lowest BCUT2D eigenvalue weighted by Crippen LogP contribution is -2.49. The van der Waals surface area contributed by atoms with Gasteiger partial charge in [-0.1, -0.05) is 30.3 Å². The lowest BCUT2D eigenvalue weighted by atomic mass is 9.97. The number of nitrogens with one attached hydrogen (secondary N) is 1. The van der Waals surface area contributed by atoms with Crippen LogP contribution in [0.3, 0.4) is 0 Å². The Morgan fingerprint density at radius 1 is 1.33 bits per heavy atom. The number of benzene rings is 1. The minimum absolute atomic E-state index is 0. The molecule has 1 saturated heterocycles. The zero-order chi connectivity index (χ0) is 18.9. The topological polar surface area (TPSA) is 57.2 Å². The molecule has 7 heteroatoms. The maximum atomic E-state index is 11.7. The number of nitrogens with zero attached hydrogens (tertiary/aromatic N) is 3. The van der Waals surface area contributed by atoms with Crippen LogP contribution in [0.2, 0.25) is 0 Å². The van der Waals surface area contributed by atoms with Gasteiger partial charge in [0.05, 0.1) is 13.0 Å². The number of guanidine groups is 1. The number of halogens is 1. The Balaban J connectivity index is 0.00000364. The summed E-state index contributed by atoms with van der Waals surface area (Å²) in [5.41, 5.74) is 1.32. The summed E-state index contributed by atoms with van der Waals surface area (Å²) in [6, 6.07) is 10.9. The first-order chi connectivity index (χ1) is 12.5. The van der Waals surface area contributed by atoms with E-state index in [9.17, 15) is 4.79 Å². The number of likely N-dealkylation sites (N-methyl/N-ethyl adjacent to an activating group) is 1. The van der Waals surface area contributed by atoms with Crippen LogP contribution in [0.1, 0.15) is 25.3 Å². The van der Waals surface area contributed by atoms with Crippen molar-refractivity contribution in [3.63, 3.8) is 0 Å². The normalized spacial score (nSPS) is 16.6. The van der Waals surface area contributed by atoms with Gasteiger partial charge in [-0.25, -0.2) is 0 Å². The monoisotopic (exact) mass is 488 g/mol. The van der Waals surface area contributed by atoms with E-state index in [4.69, 9.17) is 4.74 Å². The van der Waals surface area contributed by atoms with E-state index in [1.165, 1.54) is 12.7 Å². The molecular formula is C20H33IN4O2. The van der Waals surface area contributed by atoms with Gasteiger partial charge in [-0.3, -0.25) is 14.7 Å². The predicted octanol–water partition coefficient (Wildman–Crippen LogP) is 2.59. The molecule has 0 amide bonds. The largest absolute Gasteiger partial charge is 0.469 e. The number of carbonyl (C=O) groups is 1. The van der Waals surface area contributed by atoms with Crippen LogP contribution in [0.15, 0.2) is 35.3 Å². The highest BCUT2D eigenvalue weighted by Gasteiger charge is 2.27. The highest BCUT2D eigenvalue weighted by Crippen LogP contribution is 2.18. The predicted molar refractivity (Wildman–Crippen MR) is 120 cm³/mol. The van der Waals surface area contributed by atoms with E-state index in [-0.39, 0.29) is 35.9 Å². The smallest absolute Gasteiger partial charge is 0.308 e. The second-order valence-corrected chi connectivity index (χ2v) is 6.96. The van der Waals surface area contributed by atoms with Gasteiger partial charge in [0.2, 0.25) is 0 Å². The van der Waals surface area contributed by atoms with Crippen molar-refractivity contribution >= 4 is 35.9 Å². The molecule has 0 spiro atoms. The van der Waals surface area contributed by atoms with Gasteiger partial charge in [-0.2, -0.15) is 0 Å². The van der Waals surface area contributed by atoms with Gasteiger partial charge < -0.3 is 15.0 Å². The lowest BCUT2D eigenvalue weighted by molar-refractivity contribution is -0.146. The first-order valence-corrected chi connectivity index (χ1v) is 9.32. The molecule has 1 aromatic rings. The van der Waals surface area contributed by atoms with Crippen molar-refractivity contribution in [2.45, 2.75) is 32.4 Å². The third-order valence-corrected chi connectivity index (χ3v) is 5.12. The van der Waals surface area contributed by atoms with Crippen molar-refractivity contribution in [1.29, 1.82) is 0 Å². The Hall–Kier alpha value is -1.35. The molecule has 152 valence electrons. The number of likely N-dealkylation sites (tertiary alicyclic amines) is 1. The molecule has 1 unspecified atom stereocenters. The number of ether oxygens (including phenoxy) is 1. The SMILES string of the molecule is CN=C(NCC(C)N(C)Cc1ccccc1)N1CCC(C(=O)OC)CC1.I. The Morgan fingerprint density at radius 2 is 1.96 bits per heavy atom. The zero-order valence-corrected chi connectivity index (χ0v) is 19.2. The van der Waals surface area contributed by atoms with Gasteiger partial charge in [0.1, 0.15) is 0 Å². The Bertz CT molecular complexity index is 589. The molecule has 1 fully saturated rings. The van der Waals surface area contributed by atoms with Crippen molar-refractivity contribution in [2.24, 2.45) is 10.9 Å². The second-order valence-electron chi connectivity index (χ2n) is 6.96. The fraction of sp³-hybridized carbons (Fsp3) is 0.600. The van der Waals surface area contributed by atoms with Gasteiger partial charge in [0, 0.05) is 39.3 Å². The summed E-state index contributed by atoms with van der Waals surface area (Å²) in [5.74, 6) is 0.835. The molecule has 1 N–H and O–H groups in total. The zero-order valence-electron chi connectivity index (χ0n) is 16.9.